The number of halogens is 1. The van der Waals surface area contributed by atoms with Gasteiger partial charge in [-0.15, -0.1) is 0 Å². The number of aromatic nitrogens is 2. The van der Waals surface area contributed by atoms with Gasteiger partial charge >= 0.3 is 0 Å². The Bertz CT molecular complexity index is 440. The van der Waals surface area contributed by atoms with E-state index in [9.17, 15) is 4.79 Å². The van der Waals surface area contributed by atoms with Crippen molar-refractivity contribution in [1.29, 1.82) is 0 Å². The average Bonchev–Trinajstić information content (AvgIpc) is 2.57. The largest absolute Gasteiger partial charge is 0.382 e. The fourth-order valence-electron chi connectivity index (χ4n) is 2.22. The molecule has 7 heteroatoms. The highest BCUT2D eigenvalue weighted by Crippen LogP contribution is 2.16. The van der Waals surface area contributed by atoms with Crippen molar-refractivity contribution in [2.75, 3.05) is 37.7 Å². The molecule has 0 spiro atoms. The van der Waals surface area contributed by atoms with Crippen molar-refractivity contribution in [2.45, 2.75) is 39.7 Å². The second kappa shape index (κ2) is 11.3. The van der Waals surface area contributed by atoms with Gasteiger partial charge in [0.05, 0.1) is 4.47 Å². The third kappa shape index (κ3) is 7.26. The number of hydrogen-bond donors (Lipinski definition) is 0. The van der Waals surface area contributed by atoms with E-state index in [1.165, 1.54) is 12.8 Å². The summed E-state index contributed by atoms with van der Waals surface area (Å²) in [7, 11) is 0. The van der Waals surface area contributed by atoms with E-state index in [1.807, 2.05) is 6.92 Å². The highest BCUT2D eigenvalue weighted by Gasteiger charge is 2.24. The number of rotatable bonds is 6. The number of hydrogen-bond acceptors (Lipinski definition) is 5. The molecule has 0 N–H and O–H groups in total. The molecule has 1 saturated heterocycles. The van der Waals surface area contributed by atoms with Crippen LogP contribution in [0.5, 0.6) is 0 Å². The number of unbranched alkanes of at least 4 members (excludes halogenated alkanes) is 1. The lowest BCUT2D eigenvalue weighted by molar-refractivity contribution is -0.118. The predicted molar refractivity (Wildman–Crippen MR) is 95.6 cm³/mol. The summed E-state index contributed by atoms with van der Waals surface area (Å²) in [5.41, 5.74) is 0. The molecule has 0 radical (unpaired) electrons. The quantitative estimate of drug-likeness (QED) is 0.555. The molecule has 2 heterocycles. The fourth-order valence-corrected chi connectivity index (χ4v) is 2.43. The lowest BCUT2D eigenvalue weighted by Gasteiger charge is -2.38. The maximum atomic E-state index is 10.7. The van der Waals surface area contributed by atoms with Gasteiger partial charge in [0.15, 0.2) is 0 Å². The second-order valence-electron chi connectivity index (χ2n) is 5.39. The average molecular weight is 387 g/mol. The molecule has 0 aromatic carbocycles. The van der Waals surface area contributed by atoms with E-state index in [0.717, 1.165) is 49.7 Å². The van der Waals surface area contributed by atoms with Crippen LogP contribution in [0.25, 0.3) is 0 Å². The van der Waals surface area contributed by atoms with Gasteiger partial charge in [0.2, 0.25) is 12.4 Å². The minimum Gasteiger partial charge on any atom is -0.382 e. The van der Waals surface area contributed by atoms with E-state index in [4.69, 9.17) is 4.74 Å². The summed E-state index contributed by atoms with van der Waals surface area (Å²) in [5, 5.41) is 0. The smallest absolute Gasteiger partial charge is 0.225 e. The van der Waals surface area contributed by atoms with E-state index in [1.54, 1.807) is 17.3 Å². The van der Waals surface area contributed by atoms with E-state index < -0.39 is 0 Å². The highest BCUT2D eigenvalue weighted by atomic mass is 79.9. The molecular weight excluding hydrogens is 360 g/mol. The van der Waals surface area contributed by atoms with Crippen LogP contribution >= 0.6 is 15.9 Å². The Kier molecular flexibility index (Phi) is 9.78. The summed E-state index contributed by atoms with van der Waals surface area (Å²) in [4.78, 5) is 23.1. The topological polar surface area (TPSA) is 58.6 Å². The first-order chi connectivity index (χ1) is 11.1. The molecule has 1 atom stereocenters. The number of carbonyl (C=O) groups excluding carboxylic acids is 1. The summed E-state index contributed by atoms with van der Waals surface area (Å²) in [6.07, 6.45) is 6.81. The van der Waals surface area contributed by atoms with Crippen molar-refractivity contribution in [2.24, 2.45) is 0 Å². The van der Waals surface area contributed by atoms with Gasteiger partial charge in [-0.3, -0.25) is 4.79 Å². The summed E-state index contributed by atoms with van der Waals surface area (Å²) < 4.78 is 5.94. The van der Waals surface area contributed by atoms with Crippen molar-refractivity contribution < 1.29 is 9.53 Å². The SMILES string of the molecule is CC1CN(C=O)CCN1c1ncc(Br)cn1.CCCCOCC. The lowest BCUT2D eigenvalue weighted by atomic mass is 10.2. The number of amides is 1. The summed E-state index contributed by atoms with van der Waals surface area (Å²) in [6, 6.07) is 0.250. The molecule has 2 rings (SSSR count). The molecule has 1 aliphatic rings. The van der Waals surface area contributed by atoms with Gasteiger partial charge in [-0.05, 0) is 36.2 Å². The monoisotopic (exact) mass is 386 g/mol. The van der Waals surface area contributed by atoms with E-state index in [-0.39, 0.29) is 6.04 Å². The molecule has 1 aliphatic heterocycles. The van der Waals surface area contributed by atoms with Gasteiger partial charge in [0.1, 0.15) is 0 Å². The maximum Gasteiger partial charge on any atom is 0.225 e. The third-order valence-corrected chi connectivity index (χ3v) is 3.93. The van der Waals surface area contributed by atoms with Crippen LogP contribution in [0.4, 0.5) is 5.95 Å². The molecule has 1 amide bonds. The number of piperazine rings is 1. The van der Waals surface area contributed by atoms with Crippen molar-refractivity contribution in [1.82, 2.24) is 14.9 Å². The third-order valence-electron chi connectivity index (χ3n) is 3.52. The van der Waals surface area contributed by atoms with Gasteiger partial charge in [-0.25, -0.2) is 9.97 Å². The molecule has 130 valence electrons. The molecule has 0 bridgehead atoms. The second-order valence-corrected chi connectivity index (χ2v) is 6.31. The Labute approximate surface area is 147 Å². The Morgan fingerprint density at radius 3 is 2.57 bits per heavy atom. The van der Waals surface area contributed by atoms with Crippen molar-refractivity contribution in [3.05, 3.63) is 16.9 Å². The molecule has 0 saturated carbocycles. The van der Waals surface area contributed by atoms with Crippen LogP contribution in [0.1, 0.15) is 33.6 Å². The van der Waals surface area contributed by atoms with Gasteiger partial charge < -0.3 is 14.5 Å². The Balaban J connectivity index is 0.000000322. The standard InChI is InChI=1S/C10H13BrN4O.C6H14O/c1-8-6-14(7-16)2-3-15(8)10-12-4-9(11)5-13-10;1-3-5-6-7-4-2/h4-5,7-8H,2-3,6H2,1H3;3-6H2,1-2H3. The Hall–Kier alpha value is -1.21. The Morgan fingerprint density at radius 1 is 1.35 bits per heavy atom. The number of carbonyl (C=O) groups is 1. The normalized spacial score (nSPS) is 17.5. The van der Waals surface area contributed by atoms with E-state index >= 15 is 0 Å². The molecule has 6 nitrogen and oxygen atoms in total. The zero-order valence-corrected chi connectivity index (χ0v) is 15.8. The Morgan fingerprint density at radius 2 is 2.04 bits per heavy atom. The van der Waals surface area contributed by atoms with Gasteiger partial charge in [0.25, 0.3) is 0 Å². The minimum absolute atomic E-state index is 0.250. The fraction of sp³-hybridized carbons (Fsp3) is 0.688. The summed E-state index contributed by atoms with van der Waals surface area (Å²) >= 11 is 3.31. The van der Waals surface area contributed by atoms with Crippen LogP contribution in [0.15, 0.2) is 16.9 Å². The highest BCUT2D eigenvalue weighted by molar-refractivity contribution is 9.10. The first-order valence-electron chi connectivity index (χ1n) is 8.13. The molecule has 23 heavy (non-hydrogen) atoms. The molecule has 1 unspecified atom stereocenters. The first kappa shape index (κ1) is 19.8. The molecule has 1 aromatic heterocycles. The number of ether oxygens (including phenoxy) is 1. The zero-order chi connectivity index (χ0) is 17.1. The van der Waals surface area contributed by atoms with Crippen LogP contribution in [0.2, 0.25) is 0 Å². The van der Waals surface area contributed by atoms with Crippen LogP contribution in [0.3, 0.4) is 0 Å². The minimum atomic E-state index is 0.250. The molecular formula is C16H27BrN4O2. The van der Waals surface area contributed by atoms with Crippen molar-refractivity contribution >= 4 is 28.3 Å². The van der Waals surface area contributed by atoms with Gasteiger partial charge in [-0.1, -0.05) is 13.3 Å². The lowest BCUT2D eigenvalue weighted by Crippen LogP contribution is -2.52. The molecule has 1 aromatic rings. The van der Waals surface area contributed by atoms with Crippen molar-refractivity contribution in [3.63, 3.8) is 0 Å². The van der Waals surface area contributed by atoms with Gasteiger partial charge in [-0.2, -0.15) is 0 Å². The van der Waals surface area contributed by atoms with Crippen molar-refractivity contribution in [3.8, 4) is 0 Å². The maximum absolute atomic E-state index is 10.7. The summed E-state index contributed by atoms with van der Waals surface area (Å²) in [5.74, 6) is 0.723. The van der Waals surface area contributed by atoms with Crippen LogP contribution < -0.4 is 4.90 Å². The molecule has 0 aliphatic carbocycles. The first-order valence-corrected chi connectivity index (χ1v) is 8.92. The van der Waals surface area contributed by atoms with E-state index in [0.29, 0.717) is 0 Å². The van der Waals surface area contributed by atoms with Crippen LogP contribution in [-0.4, -0.2) is 60.2 Å². The predicted octanol–water partition coefficient (Wildman–Crippen LogP) is 2.73. The summed E-state index contributed by atoms with van der Waals surface area (Å²) in [6.45, 7) is 10.3. The van der Waals surface area contributed by atoms with E-state index in [2.05, 4.69) is 44.6 Å². The number of nitrogens with zero attached hydrogens (tertiary/aromatic N) is 4. The molecule has 1 fully saturated rings. The number of anilines is 1. The zero-order valence-electron chi connectivity index (χ0n) is 14.2. The van der Waals surface area contributed by atoms with Crippen LogP contribution in [0, 0.1) is 0 Å². The van der Waals surface area contributed by atoms with Gasteiger partial charge in [0, 0.05) is 51.3 Å². The van der Waals surface area contributed by atoms with Crippen LogP contribution in [-0.2, 0) is 9.53 Å².